The number of piperidine rings is 1. The highest BCUT2D eigenvalue weighted by Crippen LogP contribution is 2.38. The second-order valence-corrected chi connectivity index (χ2v) is 8.59. The van der Waals surface area contributed by atoms with Gasteiger partial charge in [-0.25, -0.2) is 4.31 Å². The fraction of sp³-hybridized carbons (Fsp3) is 0.455. The van der Waals surface area contributed by atoms with E-state index in [1.165, 1.54) is 47.3 Å². The molecule has 26 heavy (non-hydrogen) atoms. The van der Waals surface area contributed by atoms with Crippen LogP contribution in [0.1, 0.15) is 31.2 Å². The van der Waals surface area contributed by atoms with Gasteiger partial charge in [0.2, 0.25) is 0 Å². The molecule has 0 aliphatic carbocycles. The molecule has 2 saturated heterocycles. The van der Waals surface area contributed by atoms with E-state index in [9.17, 15) is 0 Å². The lowest BCUT2D eigenvalue weighted by atomic mass is 9.90. The van der Waals surface area contributed by atoms with E-state index in [-0.39, 0.29) is 5.60 Å². The van der Waals surface area contributed by atoms with Crippen molar-refractivity contribution in [3.8, 4) is 11.1 Å². The molecular weight excluding hydrogens is 340 g/mol. The van der Waals surface area contributed by atoms with Gasteiger partial charge in [0.15, 0.2) is 0 Å². The summed E-state index contributed by atoms with van der Waals surface area (Å²) in [4.78, 5) is 1.32. The lowest BCUT2D eigenvalue weighted by Gasteiger charge is -2.37. The summed E-state index contributed by atoms with van der Waals surface area (Å²) >= 11 is 1.89. The van der Waals surface area contributed by atoms with Crippen LogP contribution in [-0.4, -0.2) is 36.1 Å². The summed E-state index contributed by atoms with van der Waals surface area (Å²) in [5.74, 6) is 0. The molecular formula is C22H28N2OS. The van der Waals surface area contributed by atoms with Crippen LogP contribution in [0.3, 0.4) is 0 Å². The maximum atomic E-state index is 6.04. The molecule has 0 unspecified atom stereocenters. The molecule has 0 saturated carbocycles. The molecule has 0 bridgehead atoms. The van der Waals surface area contributed by atoms with Crippen LogP contribution in [0.25, 0.3) is 11.1 Å². The minimum atomic E-state index is 0.199. The second-order valence-electron chi connectivity index (χ2n) is 7.42. The van der Waals surface area contributed by atoms with Gasteiger partial charge in [-0.15, -0.1) is 0 Å². The minimum absolute atomic E-state index is 0.199. The largest absolute Gasteiger partial charge is 0.375 e. The van der Waals surface area contributed by atoms with Gasteiger partial charge in [0.25, 0.3) is 0 Å². The van der Waals surface area contributed by atoms with Crippen LogP contribution in [0, 0.1) is 0 Å². The normalized spacial score (nSPS) is 19.9. The number of hydrogen-bond acceptors (Lipinski definition) is 4. The van der Waals surface area contributed by atoms with Crippen molar-refractivity contribution >= 4 is 11.9 Å². The monoisotopic (exact) mass is 368 g/mol. The van der Waals surface area contributed by atoms with Crippen LogP contribution < -0.4 is 5.73 Å². The molecule has 4 heteroatoms. The predicted molar refractivity (Wildman–Crippen MR) is 109 cm³/mol. The average Bonchev–Trinajstić information content (AvgIpc) is 3.13. The Morgan fingerprint density at radius 1 is 1.00 bits per heavy atom. The summed E-state index contributed by atoms with van der Waals surface area (Å²) in [6, 6.07) is 17.7. The average molecular weight is 369 g/mol. The van der Waals surface area contributed by atoms with Gasteiger partial charge in [0.05, 0.1) is 5.60 Å². The maximum absolute atomic E-state index is 6.04. The molecule has 0 atom stereocenters. The van der Waals surface area contributed by atoms with Crippen molar-refractivity contribution in [2.24, 2.45) is 5.73 Å². The zero-order chi connectivity index (χ0) is 17.8. The highest BCUT2D eigenvalue weighted by atomic mass is 32.2. The summed E-state index contributed by atoms with van der Waals surface area (Å²) in [7, 11) is 0. The Morgan fingerprint density at radius 3 is 2.50 bits per heavy atom. The number of ether oxygens (including phenoxy) is 1. The van der Waals surface area contributed by atoms with Gasteiger partial charge in [0, 0.05) is 24.6 Å². The van der Waals surface area contributed by atoms with Gasteiger partial charge < -0.3 is 10.5 Å². The highest BCUT2D eigenvalue weighted by molar-refractivity contribution is 7.97. The fourth-order valence-corrected chi connectivity index (χ4v) is 5.03. The SMILES string of the molecule is NCCc1ccc(-c2cccc(SN3CCC4(CCCO4)CC3)c2)cc1. The van der Waals surface area contributed by atoms with Crippen LogP contribution in [0.5, 0.6) is 0 Å². The lowest BCUT2D eigenvalue weighted by molar-refractivity contribution is -0.0297. The quantitative estimate of drug-likeness (QED) is 0.788. The van der Waals surface area contributed by atoms with Crippen molar-refractivity contribution in [2.75, 3.05) is 26.2 Å². The molecule has 138 valence electrons. The van der Waals surface area contributed by atoms with Gasteiger partial charge in [-0.05, 0) is 79.4 Å². The summed E-state index contributed by atoms with van der Waals surface area (Å²) < 4.78 is 8.54. The van der Waals surface area contributed by atoms with E-state index < -0.39 is 0 Å². The third-order valence-corrected chi connectivity index (χ3v) is 6.70. The minimum Gasteiger partial charge on any atom is -0.375 e. The molecule has 0 radical (unpaired) electrons. The Morgan fingerprint density at radius 2 is 1.81 bits per heavy atom. The van der Waals surface area contributed by atoms with E-state index in [0.717, 1.165) is 26.1 Å². The third-order valence-electron chi connectivity index (χ3n) is 5.61. The molecule has 0 amide bonds. The first kappa shape index (κ1) is 18.1. The number of nitrogens with two attached hydrogens (primary N) is 1. The van der Waals surface area contributed by atoms with Crippen molar-refractivity contribution < 1.29 is 4.74 Å². The van der Waals surface area contributed by atoms with Crippen molar-refractivity contribution in [2.45, 2.75) is 42.6 Å². The molecule has 2 aromatic rings. The molecule has 1 spiro atoms. The van der Waals surface area contributed by atoms with E-state index in [1.807, 2.05) is 11.9 Å². The Bertz CT molecular complexity index is 715. The Balaban J connectivity index is 1.40. The predicted octanol–water partition coefficient (Wildman–Crippen LogP) is 4.51. The highest BCUT2D eigenvalue weighted by Gasteiger charge is 2.38. The van der Waals surface area contributed by atoms with Gasteiger partial charge >= 0.3 is 0 Å². The molecule has 3 nitrogen and oxygen atoms in total. The second kappa shape index (κ2) is 8.13. The number of rotatable bonds is 5. The van der Waals surface area contributed by atoms with Gasteiger partial charge in [0.1, 0.15) is 0 Å². The van der Waals surface area contributed by atoms with E-state index in [4.69, 9.17) is 10.5 Å². The maximum Gasteiger partial charge on any atom is 0.0708 e. The van der Waals surface area contributed by atoms with E-state index in [0.29, 0.717) is 6.54 Å². The van der Waals surface area contributed by atoms with Crippen LogP contribution in [0.15, 0.2) is 53.4 Å². The van der Waals surface area contributed by atoms with Gasteiger partial charge in [-0.2, -0.15) is 0 Å². The van der Waals surface area contributed by atoms with Crippen LogP contribution in [0.4, 0.5) is 0 Å². The zero-order valence-electron chi connectivity index (χ0n) is 15.3. The summed E-state index contributed by atoms with van der Waals surface area (Å²) in [5, 5.41) is 0. The topological polar surface area (TPSA) is 38.5 Å². The van der Waals surface area contributed by atoms with Crippen LogP contribution in [0.2, 0.25) is 0 Å². The van der Waals surface area contributed by atoms with Crippen molar-refractivity contribution in [1.82, 2.24) is 4.31 Å². The molecule has 2 aromatic carbocycles. The summed E-state index contributed by atoms with van der Waals surface area (Å²) in [5.41, 5.74) is 9.69. The van der Waals surface area contributed by atoms with Crippen molar-refractivity contribution in [3.63, 3.8) is 0 Å². The summed E-state index contributed by atoms with van der Waals surface area (Å²) in [6.07, 6.45) is 5.77. The summed E-state index contributed by atoms with van der Waals surface area (Å²) in [6.45, 7) is 3.89. The first-order chi connectivity index (χ1) is 12.8. The first-order valence-electron chi connectivity index (χ1n) is 9.73. The standard InChI is InChI=1S/C22H28N2OS/c23-13-9-18-5-7-19(8-6-18)20-3-1-4-21(17-20)26-24-14-11-22(12-15-24)10-2-16-25-22/h1,3-8,17H,2,9-16,23H2. The smallest absolute Gasteiger partial charge is 0.0708 e. The zero-order valence-corrected chi connectivity index (χ0v) is 16.1. The Labute approximate surface area is 161 Å². The van der Waals surface area contributed by atoms with E-state index in [2.05, 4.69) is 52.8 Å². The molecule has 2 N–H and O–H groups in total. The molecule has 4 rings (SSSR count). The lowest BCUT2D eigenvalue weighted by Crippen LogP contribution is -2.41. The molecule has 2 heterocycles. The van der Waals surface area contributed by atoms with Crippen LogP contribution >= 0.6 is 11.9 Å². The third kappa shape index (κ3) is 4.15. The van der Waals surface area contributed by atoms with Gasteiger partial charge in [-0.1, -0.05) is 36.4 Å². The number of hydrogen-bond donors (Lipinski definition) is 1. The fourth-order valence-electron chi connectivity index (χ4n) is 4.05. The molecule has 2 aliphatic heterocycles. The molecule has 2 fully saturated rings. The first-order valence-corrected chi connectivity index (χ1v) is 10.5. The van der Waals surface area contributed by atoms with Gasteiger partial charge in [-0.3, -0.25) is 0 Å². The molecule has 2 aliphatic rings. The van der Waals surface area contributed by atoms with Crippen molar-refractivity contribution in [1.29, 1.82) is 0 Å². The number of benzene rings is 2. The molecule has 0 aromatic heterocycles. The Kier molecular flexibility index (Phi) is 5.65. The Hall–Kier alpha value is -1.33. The van der Waals surface area contributed by atoms with E-state index in [1.54, 1.807) is 0 Å². The van der Waals surface area contributed by atoms with E-state index >= 15 is 0 Å². The number of nitrogens with zero attached hydrogens (tertiary/aromatic N) is 1. The van der Waals surface area contributed by atoms with Crippen molar-refractivity contribution in [3.05, 3.63) is 54.1 Å². The van der Waals surface area contributed by atoms with Crippen LogP contribution in [-0.2, 0) is 11.2 Å².